The molecule has 2 amide bonds. The molecule has 0 spiro atoms. The van der Waals surface area contributed by atoms with Gasteiger partial charge in [0, 0.05) is 29.2 Å². The lowest BCUT2D eigenvalue weighted by molar-refractivity contribution is -0.0135. The van der Waals surface area contributed by atoms with E-state index in [1.54, 1.807) is 22.4 Å². The molecule has 0 radical (unpaired) electrons. The Balaban J connectivity index is 1.61. The van der Waals surface area contributed by atoms with Crippen LogP contribution in [-0.4, -0.2) is 40.6 Å². The summed E-state index contributed by atoms with van der Waals surface area (Å²) in [7, 11) is 0. The van der Waals surface area contributed by atoms with E-state index in [1.165, 1.54) is 11.3 Å². The summed E-state index contributed by atoms with van der Waals surface area (Å²) < 4.78 is 5.70. The molecule has 1 aliphatic rings. The van der Waals surface area contributed by atoms with E-state index in [4.69, 9.17) is 4.74 Å². The van der Waals surface area contributed by atoms with Gasteiger partial charge >= 0.3 is 6.03 Å². The van der Waals surface area contributed by atoms with Crippen molar-refractivity contribution in [2.45, 2.75) is 25.9 Å². The Hall–Kier alpha value is -1.51. The van der Waals surface area contributed by atoms with Crippen LogP contribution in [0.25, 0.3) is 0 Å². The fourth-order valence-electron chi connectivity index (χ4n) is 2.16. The molecule has 0 saturated carbocycles. The molecule has 1 fully saturated rings. The Morgan fingerprint density at radius 3 is 3.05 bits per heavy atom. The summed E-state index contributed by atoms with van der Waals surface area (Å²) in [4.78, 5) is 23.8. The first kappa shape index (κ1) is 15.4. The van der Waals surface area contributed by atoms with Crippen LogP contribution < -0.4 is 5.32 Å². The van der Waals surface area contributed by atoms with Gasteiger partial charge < -0.3 is 9.64 Å². The van der Waals surface area contributed by atoms with E-state index >= 15 is 0 Å². The van der Waals surface area contributed by atoms with Crippen molar-refractivity contribution < 1.29 is 9.53 Å². The molecule has 3 rings (SSSR count). The number of thiazole rings is 2. The van der Waals surface area contributed by atoms with Crippen LogP contribution >= 0.6 is 22.7 Å². The van der Waals surface area contributed by atoms with Gasteiger partial charge in [-0.15, -0.1) is 22.7 Å². The third-order valence-electron chi connectivity index (χ3n) is 3.39. The molecule has 1 atom stereocenters. The van der Waals surface area contributed by atoms with Gasteiger partial charge in [-0.2, -0.15) is 0 Å². The van der Waals surface area contributed by atoms with Crippen LogP contribution in [0.5, 0.6) is 0 Å². The second-order valence-corrected chi connectivity index (χ2v) is 7.32. The predicted octanol–water partition coefficient (Wildman–Crippen LogP) is 3.33. The Kier molecular flexibility index (Phi) is 4.70. The molecule has 2 aromatic rings. The predicted molar refractivity (Wildman–Crippen MR) is 87.6 cm³/mol. The summed E-state index contributed by atoms with van der Waals surface area (Å²) in [6, 6.07) is -0.130. The van der Waals surface area contributed by atoms with Crippen LogP contribution in [0.1, 0.15) is 35.8 Å². The van der Waals surface area contributed by atoms with Crippen LogP contribution in [0.4, 0.5) is 9.93 Å². The Morgan fingerprint density at radius 2 is 2.36 bits per heavy atom. The van der Waals surface area contributed by atoms with E-state index in [-0.39, 0.29) is 12.1 Å². The molecule has 0 unspecified atom stereocenters. The fraction of sp³-hybridized carbons (Fsp3) is 0.500. The minimum atomic E-state index is -0.137. The van der Waals surface area contributed by atoms with E-state index in [2.05, 4.69) is 29.1 Å². The quantitative estimate of drug-likeness (QED) is 0.932. The maximum atomic E-state index is 12.4. The average Bonchev–Trinajstić information content (AvgIpc) is 3.19. The number of carbonyl (C=O) groups is 1. The Bertz CT molecular complexity index is 627. The van der Waals surface area contributed by atoms with Crippen molar-refractivity contribution in [1.29, 1.82) is 0 Å². The molecule has 0 aliphatic carbocycles. The third-order valence-corrected chi connectivity index (χ3v) is 5.47. The number of morpholine rings is 1. The van der Waals surface area contributed by atoms with Crippen molar-refractivity contribution in [3.8, 4) is 0 Å². The highest BCUT2D eigenvalue weighted by atomic mass is 32.1. The largest absolute Gasteiger partial charge is 0.367 e. The standard InChI is InChI=1S/C14H18N4O2S2/c1-9(2)11-7-16-13(22-11)17-14(19)18-4-5-20-10(8-18)12-15-3-6-21-12/h3,6-7,9-10H,4-5,8H2,1-2H3,(H,16,17,19)/t10-/m1/s1. The number of hydrogen-bond acceptors (Lipinski definition) is 6. The van der Waals surface area contributed by atoms with E-state index in [9.17, 15) is 4.79 Å². The molecular weight excluding hydrogens is 320 g/mol. The first-order valence-electron chi connectivity index (χ1n) is 7.16. The topological polar surface area (TPSA) is 67.4 Å². The molecular formula is C14H18N4O2S2. The molecule has 22 heavy (non-hydrogen) atoms. The van der Waals surface area contributed by atoms with Gasteiger partial charge in [0.25, 0.3) is 0 Å². The molecule has 8 heteroatoms. The van der Waals surface area contributed by atoms with Crippen molar-refractivity contribution in [3.63, 3.8) is 0 Å². The zero-order valence-electron chi connectivity index (χ0n) is 12.5. The Labute approximate surface area is 137 Å². The van der Waals surface area contributed by atoms with Crippen LogP contribution in [0, 0.1) is 0 Å². The summed E-state index contributed by atoms with van der Waals surface area (Å²) in [5.74, 6) is 0.417. The molecule has 3 heterocycles. The SMILES string of the molecule is CC(C)c1cnc(NC(=O)N2CCO[C@@H](c3nccs3)C2)s1. The second kappa shape index (κ2) is 6.72. The number of carbonyl (C=O) groups excluding carboxylic acids is 1. The first-order valence-corrected chi connectivity index (χ1v) is 8.85. The van der Waals surface area contributed by atoms with Crippen LogP contribution in [0.2, 0.25) is 0 Å². The average molecular weight is 338 g/mol. The van der Waals surface area contributed by atoms with Crippen molar-refractivity contribution in [2.24, 2.45) is 0 Å². The maximum Gasteiger partial charge on any atom is 0.323 e. The van der Waals surface area contributed by atoms with Crippen LogP contribution in [0.3, 0.4) is 0 Å². The summed E-state index contributed by atoms with van der Waals surface area (Å²) in [6.45, 7) is 5.84. The Morgan fingerprint density at radius 1 is 1.50 bits per heavy atom. The number of hydrogen-bond donors (Lipinski definition) is 1. The minimum Gasteiger partial charge on any atom is -0.367 e. The number of amides is 2. The summed E-state index contributed by atoms with van der Waals surface area (Å²) >= 11 is 3.07. The smallest absolute Gasteiger partial charge is 0.323 e. The van der Waals surface area contributed by atoms with Crippen molar-refractivity contribution >= 4 is 33.8 Å². The van der Waals surface area contributed by atoms with Crippen molar-refractivity contribution in [3.05, 3.63) is 27.7 Å². The highest BCUT2D eigenvalue weighted by Gasteiger charge is 2.27. The van der Waals surface area contributed by atoms with Gasteiger partial charge in [0.1, 0.15) is 11.1 Å². The van der Waals surface area contributed by atoms with Gasteiger partial charge in [-0.3, -0.25) is 5.32 Å². The molecule has 1 saturated heterocycles. The van der Waals surface area contributed by atoms with Gasteiger partial charge in [0.2, 0.25) is 0 Å². The first-order chi connectivity index (χ1) is 10.6. The number of ether oxygens (including phenoxy) is 1. The molecule has 2 aromatic heterocycles. The van der Waals surface area contributed by atoms with Gasteiger partial charge in [-0.1, -0.05) is 13.8 Å². The highest BCUT2D eigenvalue weighted by molar-refractivity contribution is 7.15. The van der Waals surface area contributed by atoms with Crippen LogP contribution in [-0.2, 0) is 4.74 Å². The zero-order valence-corrected chi connectivity index (χ0v) is 14.1. The van der Waals surface area contributed by atoms with Gasteiger partial charge in [0.05, 0.1) is 13.2 Å². The number of aromatic nitrogens is 2. The molecule has 6 nitrogen and oxygen atoms in total. The zero-order chi connectivity index (χ0) is 15.5. The fourth-order valence-corrected chi connectivity index (χ4v) is 3.64. The number of nitrogens with zero attached hydrogens (tertiary/aromatic N) is 3. The molecule has 0 bridgehead atoms. The number of urea groups is 1. The lowest BCUT2D eigenvalue weighted by Gasteiger charge is -2.31. The molecule has 0 aromatic carbocycles. The summed E-state index contributed by atoms with van der Waals surface area (Å²) in [5.41, 5.74) is 0. The van der Waals surface area contributed by atoms with E-state index < -0.39 is 0 Å². The number of anilines is 1. The van der Waals surface area contributed by atoms with Crippen molar-refractivity contribution in [2.75, 3.05) is 25.0 Å². The second-order valence-electron chi connectivity index (χ2n) is 5.33. The summed E-state index contributed by atoms with van der Waals surface area (Å²) in [6.07, 6.45) is 3.44. The minimum absolute atomic E-state index is 0.130. The lowest BCUT2D eigenvalue weighted by atomic mass is 10.2. The molecule has 118 valence electrons. The van der Waals surface area contributed by atoms with Gasteiger partial charge in [-0.25, -0.2) is 14.8 Å². The molecule has 1 N–H and O–H groups in total. The number of nitrogens with one attached hydrogen (secondary N) is 1. The summed E-state index contributed by atoms with van der Waals surface area (Å²) in [5, 5.41) is 6.35. The van der Waals surface area contributed by atoms with E-state index in [0.717, 1.165) is 9.88 Å². The maximum absolute atomic E-state index is 12.4. The number of rotatable bonds is 3. The monoisotopic (exact) mass is 338 g/mol. The van der Waals surface area contributed by atoms with E-state index in [0.29, 0.717) is 30.7 Å². The molecule has 1 aliphatic heterocycles. The van der Waals surface area contributed by atoms with Gasteiger partial charge in [-0.05, 0) is 5.92 Å². The van der Waals surface area contributed by atoms with Gasteiger partial charge in [0.15, 0.2) is 5.13 Å². The lowest BCUT2D eigenvalue weighted by Crippen LogP contribution is -2.44. The van der Waals surface area contributed by atoms with Crippen LogP contribution in [0.15, 0.2) is 17.8 Å². The third kappa shape index (κ3) is 3.45. The normalized spacial score (nSPS) is 18.7. The highest BCUT2D eigenvalue weighted by Crippen LogP contribution is 2.27. The van der Waals surface area contributed by atoms with Crippen molar-refractivity contribution in [1.82, 2.24) is 14.9 Å². The van der Waals surface area contributed by atoms with E-state index in [1.807, 2.05) is 11.6 Å².